The molecule has 5 heteroatoms. The van der Waals surface area contributed by atoms with Crippen molar-refractivity contribution in [3.05, 3.63) is 53.3 Å². The third kappa shape index (κ3) is 10.0. The molecule has 0 unspecified atom stereocenters. The number of hydrogen-bond acceptors (Lipinski definition) is 5. The zero-order valence-electron chi connectivity index (χ0n) is 16.3. The van der Waals surface area contributed by atoms with E-state index < -0.39 is 0 Å². The lowest BCUT2D eigenvalue weighted by Crippen LogP contribution is -2.03. The lowest BCUT2D eigenvalue weighted by atomic mass is 10.0. The van der Waals surface area contributed by atoms with Crippen LogP contribution in [-0.4, -0.2) is 42.4 Å². The van der Waals surface area contributed by atoms with Gasteiger partial charge in [0.1, 0.15) is 19.0 Å². The number of carbonyl (C=O) groups excluding carboxylic acids is 1. The van der Waals surface area contributed by atoms with Gasteiger partial charge in [-0.25, -0.2) is 0 Å². The van der Waals surface area contributed by atoms with Crippen LogP contribution in [0.5, 0.6) is 5.75 Å². The van der Waals surface area contributed by atoms with Crippen molar-refractivity contribution in [2.75, 3.05) is 26.4 Å². The predicted molar refractivity (Wildman–Crippen MR) is 104 cm³/mol. The third-order valence-electron chi connectivity index (χ3n) is 3.26. The van der Waals surface area contributed by atoms with E-state index in [-0.39, 0.29) is 32.2 Å². The van der Waals surface area contributed by atoms with Gasteiger partial charge in [-0.1, -0.05) is 32.4 Å². The number of Topliss-reactive ketones (excluding diaryl/α,β-unsaturated/α-hetero) is 1. The summed E-state index contributed by atoms with van der Waals surface area (Å²) in [5.74, 6) is 1.44. The number of ether oxygens (including phenoxy) is 2. The molecule has 2 N–H and O–H groups in total. The molecule has 0 atom stereocenters. The normalized spacial score (nSPS) is 11.5. The molecule has 0 aromatic heterocycles. The number of rotatable bonds is 11. The second-order valence-electron chi connectivity index (χ2n) is 5.27. The molecular formula is C21H32O5. The zero-order valence-corrected chi connectivity index (χ0v) is 16.3. The van der Waals surface area contributed by atoms with Crippen LogP contribution in [-0.2, 0) is 4.74 Å². The second-order valence-corrected chi connectivity index (χ2v) is 5.27. The van der Waals surface area contributed by atoms with Crippen molar-refractivity contribution in [2.24, 2.45) is 0 Å². The Labute approximate surface area is 157 Å². The summed E-state index contributed by atoms with van der Waals surface area (Å²) < 4.78 is 10.6. The average molecular weight is 364 g/mol. The van der Waals surface area contributed by atoms with Gasteiger partial charge in [0.05, 0.1) is 19.0 Å². The summed E-state index contributed by atoms with van der Waals surface area (Å²) in [4.78, 5) is 12.3. The van der Waals surface area contributed by atoms with Gasteiger partial charge >= 0.3 is 0 Å². The van der Waals surface area contributed by atoms with Crippen LogP contribution in [0.15, 0.2) is 47.7 Å². The summed E-state index contributed by atoms with van der Waals surface area (Å²) in [7, 11) is 0. The monoisotopic (exact) mass is 364 g/mol. The quantitative estimate of drug-likeness (QED) is 0.354. The number of aliphatic hydroxyl groups excluding tert-OH is 2. The van der Waals surface area contributed by atoms with Crippen molar-refractivity contribution < 1.29 is 24.5 Å². The molecule has 0 radical (unpaired) electrons. The number of benzene rings is 1. The van der Waals surface area contributed by atoms with E-state index in [9.17, 15) is 4.79 Å². The molecular weight excluding hydrogens is 332 g/mol. The van der Waals surface area contributed by atoms with Crippen LogP contribution in [0, 0.1) is 0 Å². The van der Waals surface area contributed by atoms with Crippen molar-refractivity contribution in [1.82, 2.24) is 0 Å². The Hall–Kier alpha value is -2.11. The van der Waals surface area contributed by atoms with Crippen LogP contribution >= 0.6 is 0 Å². The van der Waals surface area contributed by atoms with E-state index in [0.29, 0.717) is 17.7 Å². The highest BCUT2D eigenvalue weighted by Gasteiger charge is 2.07. The Morgan fingerprint density at radius 1 is 1.04 bits per heavy atom. The Morgan fingerprint density at radius 2 is 1.65 bits per heavy atom. The van der Waals surface area contributed by atoms with E-state index in [4.69, 9.17) is 19.7 Å². The minimum absolute atomic E-state index is 0.0173. The molecule has 26 heavy (non-hydrogen) atoms. The highest BCUT2D eigenvalue weighted by molar-refractivity contribution is 5.97. The number of aliphatic hydroxyl groups is 2. The van der Waals surface area contributed by atoms with Gasteiger partial charge in [-0.15, -0.1) is 0 Å². The van der Waals surface area contributed by atoms with Crippen molar-refractivity contribution in [3.8, 4) is 5.75 Å². The van der Waals surface area contributed by atoms with Gasteiger partial charge in [-0.05, 0) is 37.3 Å². The van der Waals surface area contributed by atoms with Crippen LogP contribution < -0.4 is 4.74 Å². The lowest BCUT2D eigenvalue weighted by Gasteiger charge is -2.07. The minimum atomic E-state index is -0.0417. The topological polar surface area (TPSA) is 76.0 Å². The predicted octanol–water partition coefficient (Wildman–Crippen LogP) is 3.91. The highest BCUT2D eigenvalue weighted by atomic mass is 16.5. The fourth-order valence-electron chi connectivity index (χ4n) is 1.99. The summed E-state index contributed by atoms with van der Waals surface area (Å²) in [6.07, 6.45) is 4.76. The Balaban J connectivity index is 0.00000301. The number of carbonyl (C=O) groups is 1. The molecule has 5 nitrogen and oxygen atoms in total. The molecule has 0 spiro atoms. The molecule has 0 heterocycles. The van der Waals surface area contributed by atoms with Crippen molar-refractivity contribution >= 4 is 5.78 Å². The van der Waals surface area contributed by atoms with Crippen LogP contribution in [0.25, 0.3) is 0 Å². The van der Waals surface area contributed by atoms with E-state index in [0.717, 1.165) is 17.8 Å². The van der Waals surface area contributed by atoms with E-state index in [1.807, 2.05) is 39.8 Å². The summed E-state index contributed by atoms with van der Waals surface area (Å²) in [5.41, 5.74) is 1.55. The maximum Gasteiger partial charge on any atom is 0.166 e. The zero-order chi connectivity index (χ0) is 19.8. The molecule has 0 amide bonds. The molecule has 0 saturated heterocycles. The smallest absolute Gasteiger partial charge is 0.166 e. The standard InChI is InChI=1S/C19H26O5.C2H6/c1-3-17(23-12-10-20)7-4-15(2)14-19(22)16-5-8-18(9-6-16)24-13-11-21;1-2/h4-9,20-21H,3,10-14H2,1-2H3;1-2H3/b15-4+,17-7+;. The summed E-state index contributed by atoms with van der Waals surface area (Å²) >= 11 is 0. The van der Waals surface area contributed by atoms with Gasteiger partial charge in [-0.3, -0.25) is 4.79 Å². The van der Waals surface area contributed by atoms with Gasteiger partial charge < -0.3 is 19.7 Å². The van der Waals surface area contributed by atoms with Crippen molar-refractivity contribution in [3.63, 3.8) is 0 Å². The summed E-state index contributed by atoms with van der Waals surface area (Å²) in [5, 5.41) is 17.5. The van der Waals surface area contributed by atoms with Gasteiger partial charge in [-0.2, -0.15) is 0 Å². The van der Waals surface area contributed by atoms with Gasteiger partial charge in [0.15, 0.2) is 5.78 Å². The van der Waals surface area contributed by atoms with Gasteiger partial charge in [0, 0.05) is 18.4 Å². The molecule has 1 rings (SSSR count). The highest BCUT2D eigenvalue weighted by Crippen LogP contribution is 2.15. The van der Waals surface area contributed by atoms with Crippen LogP contribution in [0.2, 0.25) is 0 Å². The number of ketones is 1. The maximum absolute atomic E-state index is 12.3. The fourth-order valence-corrected chi connectivity index (χ4v) is 1.99. The first-order valence-corrected chi connectivity index (χ1v) is 9.07. The summed E-state index contributed by atoms with van der Waals surface area (Å²) in [6.45, 7) is 8.32. The third-order valence-corrected chi connectivity index (χ3v) is 3.26. The van der Waals surface area contributed by atoms with E-state index in [1.54, 1.807) is 24.3 Å². The SMILES string of the molecule is CC.CC/C(=C\C=C(/C)CC(=O)c1ccc(OCCO)cc1)OCCO. The second kappa shape index (κ2) is 15.2. The molecule has 0 aliphatic rings. The molecule has 1 aromatic carbocycles. The van der Waals surface area contributed by atoms with Crippen LogP contribution in [0.3, 0.4) is 0 Å². The Bertz CT molecular complexity index is 558. The average Bonchev–Trinajstić information content (AvgIpc) is 2.68. The number of allylic oxidation sites excluding steroid dienone is 4. The maximum atomic E-state index is 12.3. The molecule has 146 valence electrons. The Morgan fingerprint density at radius 3 is 2.19 bits per heavy atom. The van der Waals surface area contributed by atoms with E-state index >= 15 is 0 Å². The first-order valence-electron chi connectivity index (χ1n) is 9.07. The first kappa shape index (κ1) is 23.9. The minimum Gasteiger partial charge on any atom is -0.496 e. The molecule has 0 saturated carbocycles. The fraction of sp³-hybridized carbons (Fsp3) is 0.476. The summed E-state index contributed by atoms with van der Waals surface area (Å²) in [6, 6.07) is 6.89. The van der Waals surface area contributed by atoms with E-state index in [2.05, 4.69) is 0 Å². The molecule has 0 bridgehead atoms. The number of hydrogen-bond donors (Lipinski definition) is 2. The molecule has 0 fully saturated rings. The van der Waals surface area contributed by atoms with Crippen LogP contribution in [0.4, 0.5) is 0 Å². The van der Waals surface area contributed by atoms with Gasteiger partial charge in [0.25, 0.3) is 0 Å². The molecule has 0 aliphatic carbocycles. The van der Waals surface area contributed by atoms with E-state index in [1.165, 1.54) is 0 Å². The van der Waals surface area contributed by atoms with Crippen molar-refractivity contribution in [1.29, 1.82) is 0 Å². The van der Waals surface area contributed by atoms with Gasteiger partial charge in [0.2, 0.25) is 0 Å². The Kier molecular flexibility index (Phi) is 13.9. The first-order chi connectivity index (χ1) is 12.6. The molecule has 0 aliphatic heterocycles. The largest absolute Gasteiger partial charge is 0.496 e. The lowest BCUT2D eigenvalue weighted by molar-refractivity contribution is 0.0993. The van der Waals surface area contributed by atoms with Crippen molar-refractivity contribution in [2.45, 2.75) is 40.5 Å². The van der Waals surface area contributed by atoms with Crippen LogP contribution in [0.1, 0.15) is 50.9 Å². The molecule has 1 aromatic rings.